The summed E-state index contributed by atoms with van der Waals surface area (Å²) in [5, 5.41) is 0. The third-order valence-electron chi connectivity index (χ3n) is 6.31. The number of nitrogens with zero attached hydrogens (tertiary/aromatic N) is 2. The van der Waals surface area contributed by atoms with E-state index in [0.717, 1.165) is 31.3 Å². The molecule has 2 aliphatic rings. The zero-order chi connectivity index (χ0) is 21.9. The Morgan fingerprint density at radius 2 is 2.00 bits per heavy atom. The number of imide groups is 1. The maximum absolute atomic E-state index is 13.8. The average molecular weight is 413 g/mol. The fraction of sp³-hybridized carbons (Fsp3) is 0.542. The van der Waals surface area contributed by atoms with Crippen LogP contribution in [-0.2, 0) is 19.8 Å². The lowest BCUT2D eigenvalue weighted by molar-refractivity contribution is -0.144. The molecule has 2 fully saturated rings. The van der Waals surface area contributed by atoms with Crippen LogP contribution in [0.25, 0.3) is 0 Å². The Hall–Kier alpha value is -2.63. The van der Waals surface area contributed by atoms with E-state index in [1.807, 2.05) is 26.0 Å². The molecule has 1 saturated carbocycles. The maximum atomic E-state index is 13.8. The molecule has 0 aromatic heterocycles. The molecule has 3 amide bonds. The highest BCUT2D eigenvalue weighted by atomic mass is 16.5. The van der Waals surface area contributed by atoms with Crippen LogP contribution >= 0.6 is 0 Å². The third kappa shape index (κ3) is 4.13. The number of hydrogen-bond donors (Lipinski definition) is 0. The maximum Gasteiger partial charge on any atom is 0.241 e. The summed E-state index contributed by atoms with van der Waals surface area (Å²) in [7, 11) is 1.56. The monoisotopic (exact) mass is 412 g/mol. The molecule has 1 aromatic carbocycles. The largest absolute Gasteiger partial charge is 0.497 e. The molecule has 30 heavy (non-hydrogen) atoms. The molecule has 1 saturated heterocycles. The standard InChI is InChI=1S/C24H32N2O4/c1-5-25(16-17(2)3)21(27)14-24(18-9-8-12-20(13-18)30-4)15-22(28)26(23(24)29)19-10-6-7-11-19/h8-9,12-13,19H,2,5-7,10-11,14-16H2,1,3-4H3. The molecule has 0 spiro atoms. The van der Waals surface area contributed by atoms with Crippen molar-refractivity contribution in [2.45, 2.75) is 63.8 Å². The van der Waals surface area contributed by atoms with Crippen LogP contribution in [0.2, 0.25) is 0 Å². The number of carbonyl (C=O) groups is 3. The summed E-state index contributed by atoms with van der Waals surface area (Å²) in [6, 6.07) is 7.17. The van der Waals surface area contributed by atoms with Crippen LogP contribution in [0.4, 0.5) is 0 Å². The molecule has 0 N–H and O–H groups in total. The van der Waals surface area contributed by atoms with Crippen LogP contribution in [-0.4, -0.2) is 53.8 Å². The van der Waals surface area contributed by atoms with Gasteiger partial charge in [-0.05, 0) is 44.4 Å². The zero-order valence-corrected chi connectivity index (χ0v) is 18.3. The Morgan fingerprint density at radius 1 is 1.30 bits per heavy atom. The van der Waals surface area contributed by atoms with Crippen LogP contribution in [0, 0.1) is 0 Å². The summed E-state index contributed by atoms with van der Waals surface area (Å²) in [6.45, 7) is 8.65. The highest BCUT2D eigenvalue weighted by molar-refractivity contribution is 6.11. The average Bonchev–Trinajstić information content (AvgIpc) is 3.32. The molecule has 1 atom stereocenters. The summed E-state index contributed by atoms with van der Waals surface area (Å²) in [6.07, 6.45) is 3.72. The van der Waals surface area contributed by atoms with Gasteiger partial charge in [-0.15, -0.1) is 0 Å². The third-order valence-corrected chi connectivity index (χ3v) is 6.31. The lowest BCUT2D eigenvalue weighted by Crippen LogP contribution is -2.46. The molecule has 1 aliphatic carbocycles. The molecule has 6 nitrogen and oxygen atoms in total. The van der Waals surface area contributed by atoms with Crippen molar-refractivity contribution < 1.29 is 19.1 Å². The van der Waals surface area contributed by atoms with Gasteiger partial charge in [-0.3, -0.25) is 19.3 Å². The number of likely N-dealkylation sites (N-methyl/N-ethyl adjacent to an activating group) is 1. The van der Waals surface area contributed by atoms with Crippen LogP contribution in [0.3, 0.4) is 0 Å². The fourth-order valence-corrected chi connectivity index (χ4v) is 4.75. The molecule has 3 rings (SSSR count). The van der Waals surface area contributed by atoms with E-state index in [0.29, 0.717) is 24.4 Å². The first kappa shape index (κ1) is 22.1. The Bertz CT molecular complexity index is 843. The second-order valence-electron chi connectivity index (χ2n) is 8.54. The Labute approximate surface area is 178 Å². The second kappa shape index (κ2) is 9.02. The molecule has 1 heterocycles. The molecule has 0 radical (unpaired) electrons. The first-order valence-corrected chi connectivity index (χ1v) is 10.8. The van der Waals surface area contributed by atoms with Crippen LogP contribution < -0.4 is 4.74 Å². The molecular formula is C24H32N2O4. The van der Waals surface area contributed by atoms with Crippen molar-refractivity contribution in [1.82, 2.24) is 9.80 Å². The van der Waals surface area contributed by atoms with E-state index >= 15 is 0 Å². The number of ether oxygens (including phenoxy) is 1. The number of hydrogen-bond acceptors (Lipinski definition) is 4. The molecular weight excluding hydrogens is 380 g/mol. The second-order valence-corrected chi connectivity index (χ2v) is 8.54. The zero-order valence-electron chi connectivity index (χ0n) is 18.3. The van der Waals surface area contributed by atoms with E-state index in [9.17, 15) is 14.4 Å². The van der Waals surface area contributed by atoms with Crippen molar-refractivity contribution in [3.63, 3.8) is 0 Å². The minimum Gasteiger partial charge on any atom is -0.497 e. The summed E-state index contributed by atoms with van der Waals surface area (Å²) < 4.78 is 5.36. The smallest absolute Gasteiger partial charge is 0.241 e. The topological polar surface area (TPSA) is 66.9 Å². The van der Waals surface area contributed by atoms with Crippen LogP contribution in [0.1, 0.15) is 57.9 Å². The summed E-state index contributed by atoms with van der Waals surface area (Å²) in [5.74, 6) is 0.0452. The summed E-state index contributed by atoms with van der Waals surface area (Å²) >= 11 is 0. The Kier molecular flexibility index (Phi) is 6.64. The lowest BCUT2D eigenvalue weighted by atomic mass is 9.75. The number of amides is 3. The van der Waals surface area contributed by atoms with Gasteiger partial charge in [0.1, 0.15) is 5.75 Å². The molecule has 162 valence electrons. The van der Waals surface area contributed by atoms with E-state index < -0.39 is 5.41 Å². The molecule has 1 aromatic rings. The summed E-state index contributed by atoms with van der Waals surface area (Å²) in [4.78, 5) is 43.2. The molecule has 1 aliphatic heterocycles. The molecule has 1 unspecified atom stereocenters. The van der Waals surface area contributed by atoms with Crippen molar-refractivity contribution in [3.05, 3.63) is 42.0 Å². The van der Waals surface area contributed by atoms with Gasteiger partial charge in [0, 0.05) is 32.0 Å². The predicted molar refractivity (Wildman–Crippen MR) is 115 cm³/mol. The van der Waals surface area contributed by atoms with Crippen molar-refractivity contribution in [2.24, 2.45) is 0 Å². The van der Waals surface area contributed by atoms with Gasteiger partial charge in [-0.1, -0.05) is 37.1 Å². The van der Waals surface area contributed by atoms with Gasteiger partial charge >= 0.3 is 0 Å². The van der Waals surface area contributed by atoms with Gasteiger partial charge in [0.25, 0.3) is 0 Å². The number of methoxy groups -OCH3 is 1. The summed E-state index contributed by atoms with van der Waals surface area (Å²) in [5.41, 5.74) is 0.357. The van der Waals surface area contributed by atoms with Gasteiger partial charge in [0.15, 0.2) is 0 Å². The highest BCUT2D eigenvalue weighted by Gasteiger charge is 2.56. The van der Waals surface area contributed by atoms with Crippen molar-refractivity contribution in [1.29, 1.82) is 0 Å². The van der Waals surface area contributed by atoms with Crippen LogP contribution in [0.5, 0.6) is 5.75 Å². The first-order valence-electron chi connectivity index (χ1n) is 10.8. The number of carbonyl (C=O) groups excluding carboxylic acids is 3. The van der Waals surface area contributed by atoms with E-state index in [1.165, 1.54) is 4.90 Å². The van der Waals surface area contributed by atoms with Crippen molar-refractivity contribution in [3.8, 4) is 5.75 Å². The molecule has 0 bridgehead atoms. The highest BCUT2D eigenvalue weighted by Crippen LogP contribution is 2.43. The Morgan fingerprint density at radius 3 is 2.60 bits per heavy atom. The van der Waals surface area contributed by atoms with Gasteiger partial charge in [-0.2, -0.15) is 0 Å². The van der Waals surface area contributed by atoms with E-state index in [2.05, 4.69) is 6.58 Å². The SMILES string of the molecule is C=C(C)CN(CC)C(=O)CC1(c2cccc(OC)c2)CC(=O)N(C2CCCC2)C1=O. The van der Waals surface area contributed by atoms with E-state index in [-0.39, 0.29) is 36.6 Å². The number of likely N-dealkylation sites (tertiary alicyclic amines) is 1. The minimum absolute atomic E-state index is 0.0197. The quantitative estimate of drug-likeness (QED) is 0.485. The molecule has 6 heteroatoms. The lowest BCUT2D eigenvalue weighted by Gasteiger charge is -2.31. The predicted octanol–water partition coefficient (Wildman–Crippen LogP) is 3.45. The van der Waals surface area contributed by atoms with Gasteiger partial charge in [0.05, 0.1) is 12.5 Å². The minimum atomic E-state index is -1.19. The van der Waals surface area contributed by atoms with Crippen molar-refractivity contribution >= 4 is 17.7 Å². The van der Waals surface area contributed by atoms with E-state index in [4.69, 9.17) is 4.74 Å². The number of benzene rings is 1. The van der Waals surface area contributed by atoms with Crippen molar-refractivity contribution in [2.75, 3.05) is 20.2 Å². The fourth-order valence-electron chi connectivity index (χ4n) is 4.75. The van der Waals surface area contributed by atoms with Gasteiger partial charge in [-0.25, -0.2) is 0 Å². The normalized spacial score (nSPS) is 21.9. The first-order chi connectivity index (χ1) is 14.3. The van der Waals surface area contributed by atoms with Gasteiger partial charge < -0.3 is 9.64 Å². The number of rotatable bonds is 8. The van der Waals surface area contributed by atoms with E-state index in [1.54, 1.807) is 24.1 Å². The van der Waals surface area contributed by atoms with Gasteiger partial charge in [0.2, 0.25) is 17.7 Å². The Balaban J connectivity index is 2.01. The van der Waals surface area contributed by atoms with Crippen LogP contribution in [0.15, 0.2) is 36.4 Å².